The predicted octanol–water partition coefficient (Wildman–Crippen LogP) is 2.01. The lowest BCUT2D eigenvalue weighted by atomic mass is 10.1. The number of hydrogen-bond acceptors (Lipinski definition) is 4. The highest BCUT2D eigenvalue weighted by molar-refractivity contribution is 5.44. The van der Waals surface area contributed by atoms with E-state index < -0.39 is 0 Å². The molecule has 3 rings (SSSR count). The van der Waals surface area contributed by atoms with Gasteiger partial charge in [0.25, 0.3) is 0 Å². The van der Waals surface area contributed by atoms with Gasteiger partial charge in [-0.05, 0) is 24.6 Å². The molecule has 5 nitrogen and oxygen atoms in total. The summed E-state index contributed by atoms with van der Waals surface area (Å²) in [6, 6.07) is 6.40. The third-order valence-electron chi connectivity index (χ3n) is 3.45. The van der Waals surface area contributed by atoms with Crippen molar-refractivity contribution in [1.29, 1.82) is 0 Å². The van der Waals surface area contributed by atoms with Gasteiger partial charge < -0.3 is 19.4 Å². The second-order valence-electron chi connectivity index (χ2n) is 4.88. The van der Waals surface area contributed by atoms with Crippen molar-refractivity contribution in [3.05, 3.63) is 42.5 Å². The summed E-state index contributed by atoms with van der Waals surface area (Å²) in [5.41, 5.74) is 1.21. The monoisotopic (exact) mass is 273 g/mol. The van der Waals surface area contributed by atoms with Crippen LogP contribution in [0.1, 0.15) is 18.5 Å². The zero-order valence-electron chi connectivity index (χ0n) is 11.6. The molecule has 1 aromatic heterocycles. The smallest absolute Gasteiger partial charge is 0.161 e. The number of benzene rings is 1. The summed E-state index contributed by atoms with van der Waals surface area (Å²) in [4.78, 5) is 4.03. The lowest BCUT2D eigenvalue weighted by Crippen LogP contribution is -2.23. The third kappa shape index (κ3) is 2.93. The lowest BCUT2D eigenvalue weighted by molar-refractivity contribution is 0.171. The number of aromatic nitrogens is 2. The van der Waals surface area contributed by atoms with Crippen molar-refractivity contribution in [2.45, 2.75) is 19.5 Å². The van der Waals surface area contributed by atoms with Gasteiger partial charge in [0.2, 0.25) is 0 Å². The number of nitrogens with zero attached hydrogens (tertiary/aromatic N) is 2. The minimum absolute atomic E-state index is 0.273. The van der Waals surface area contributed by atoms with Crippen LogP contribution in [0.2, 0.25) is 0 Å². The average Bonchev–Trinajstić information content (AvgIpc) is 3.00. The van der Waals surface area contributed by atoms with E-state index in [0.29, 0.717) is 13.2 Å². The maximum atomic E-state index is 5.61. The molecule has 106 valence electrons. The first-order valence-corrected chi connectivity index (χ1v) is 6.91. The molecular formula is C15H19N3O2. The third-order valence-corrected chi connectivity index (χ3v) is 3.45. The van der Waals surface area contributed by atoms with Crippen LogP contribution in [-0.4, -0.2) is 29.3 Å². The largest absolute Gasteiger partial charge is 0.486 e. The quantitative estimate of drug-likeness (QED) is 0.905. The topological polar surface area (TPSA) is 48.3 Å². The Labute approximate surface area is 118 Å². The normalized spacial score (nSPS) is 15.1. The summed E-state index contributed by atoms with van der Waals surface area (Å²) < 4.78 is 13.2. The number of imidazole rings is 1. The fourth-order valence-electron chi connectivity index (χ4n) is 2.28. The van der Waals surface area contributed by atoms with Crippen LogP contribution in [0.3, 0.4) is 0 Å². The molecule has 2 aromatic rings. The number of rotatable bonds is 5. The van der Waals surface area contributed by atoms with Gasteiger partial charge in [-0.3, -0.25) is 0 Å². The van der Waals surface area contributed by atoms with E-state index in [1.54, 1.807) is 6.20 Å². The molecule has 20 heavy (non-hydrogen) atoms. The van der Waals surface area contributed by atoms with Crippen LogP contribution >= 0.6 is 0 Å². The zero-order valence-corrected chi connectivity index (χ0v) is 11.6. The summed E-state index contributed by atoms with van der Waals surface area (Å²) in [7, 11) is 0. The van der Waals surface area contributed by atoms with Gasteiger partial charge in [-0.2, -0.15) is 0 Å². The van der Waals surface area contributed by atoms with Gasteiger partial charge >= 0.3 is 0 Å². The van der Waals surface area contributed by atoms with Crippen LogP contribution in [0.25, 0.3) is 0 Å². The predicted molar refractivity (Wildman–Crippen MR) is 76.1 cm³/mol. The molecule has 1 N–H and O–H groups in total. The molecule has 1 aliphatic rings. The van der Waals surface area contributed by atoms with Crippen molar-refractivity contribution in [1.82, 2.24) is 14.9 Å². The Hall–Kier alpha value is -2.01. The van der Waals surface area contributed by atoms with Gasteiger partial charge in [0.15, 0.2) is 11.5 Å². The summed E-state index contributed by atoms with van der Waals surface area (Å²) in [6.45, 7) is 5.21. The molecule has 1 aromatic carbocycles. The van der Waals surface area contributed by atoms with E-state index in [4.69, 9.17) is 9.47 Å². The molecule has 1 aliphatic heterocycles. The molecular weight excluding hydrogens is 254 g/mol. The Morgan fingerprint density at radius 1 is 1.30 bits per heavy atom. The van der Waals surface area contributed by atoms with Gasteiger partial charge in [-0.1, -0.05) is 6.07 Å². The van der Waals surface area contributed by atoms with Crippen molar-refractivity contribution in [3.63, 3.8) is 0 Å². The first kappa shape index (κ1) is 13.0. The van der Waals surface area contributed by atoms with E-state index >= 15 is 0 Å². The first-order valence-electron chi connectivity index (χ1n) is 6.91. The van der Waals surface area contributed by atoms with E-state index in [0.717, 1.165) is 24.6 Å². The Bertz CT molecular complexity index is 554. The molecule has 1 unspecified atom stereocenters. The van der Waals surface area contributed by atoms with Crippen molar-refractivity contribution in [2.75, 3.05) is 19.8 Å². The molecule has 0 fully saturated rings. The van der Waals surface area contributed by atoms with Gasteiger partial charge in [0, 0.05) is 31.5 Å². The number of fused-ring (bicyclic) bond motifs is 1. The maximum absolute atomic E-state index is 5.61. The van der Waals surface area contributed by atoms with Crippen LogP contribution < -0.4 is 14.8 Å². The minimum Gasteiger partial charge on any atom is -0.486 e. The van der Waals surface area contributed by atoms with Crippen molar-refractivity contribution < 1.29 is 9.47 Å². The molecule has 0 spiro atoms. The minimum atomic E-state index is 0.273. The summed E-state index contributed by atoms with van der Waals surface area (Å²) in [5, 5.41) is 3.50. The fourth-order valence-corrected chi connectivity index (χ4v) is 2.28. The Morgan fingerprint density at radius 2 is 2.15 bits per heavy atom. The van der Waals surface area contributed by atoms with E-state index in [2.05, 4.69) is 33.9 Å². The standard InChI is InChI=1S/C15H19N3O2/c1-12(17-5-7-18-6-4-16-11-18)13-2-3-14-15(10-13)20-9-8-19-14/h2-4,6,10-12,17H,5,7-9H2,1H3. The van der Waals surface area contributed by atoms with Gasteiger partial charge in [-0.15, -0.1) is 0 Å². The molecule has 0 amide bonds. The SMILES string of the molecule is CC(NCCn1ccnc1)c1ccc2c(c1)OCCO2. The second kappa shape index (κ2) is 5.96. The van der Waals surface area contributed by atoms with Gasteiger partial charge in [-0.25, -0.2) is 4.98 Å². The van der Waals surface area contributed by atoms with E-state index in [-0.39, 0.29) is 6.04 Å². The number of nitrogens with one attached hydrogen (secondary N) is 1. The Balaban J connectivity index is 1.57. The molecule has 2 heterocycles. The van der Waals surface area contributed by atoms with E-state index in [1.165, 1.54) is 5.56 Å². The molecule has 0 radical (unpaired) electrons. The van der Waals surface area contributed by atoms with Crippen LogP contribution in [0.5, 0.6) is 11.5 Å². The van der Waals surface area contributed by atoms with Crippen molar-refractivity contribution in [3.8, 4) is 11.5 Å². The summed E-state index contributed by atoms with van der Waals surface area (Å²) in [5.74, 6) is 1.68. The second-order valence-corrected chi connectivity index (χ2v) is 4.88. The number of hydrogen-bond donors (Lipinski definition) is 1. The van der Waals surface area contributed by atoms with Gasteiger partial charge in [0.05, 0.1) is 6.33 Å². The lowest BCUT2D eigenvalue weighted by Gasteiger charge is -2.21. The Morgan fingerprint density at radius 3 is 2.95 bits per heavy atom. The van der Waals surface area contributed by atoms with Crippen LogP contribution in [0.4, 0.5) is 0 Å². The van der Waals surface area contributed by atoms with E-state index in [1.807, 2.05) is 18.6 Å². The molecule has 1 atom stereocenters. The van der Waals surface area contributed by atoms with Crippen LogP contribution in [0, 0.1) is 0 Å². The zero-order chi connectivity index (χ0) is 13.8. The highest BCUT2D eigenvalue weighted by atomic mass is 16.6. The average molecular weight is 273 g/mol. The van der Waals surface area contributed by atoms with Gasteiger partial charge in [0.1, 0.15) is 13.2 Å². The van der Waals surface area contributed by atoms with Crippen LogP contribution in [-0.2, 0) is 6.54 Å². The van der Waals surface area contributed by atoms with Crippen LogP contribution in [0.15, 0.2) is 36.9 Å². The fraction of sp³-hybridized carbons (Fsp3) is 0.400. The van der Waals surface area contributed by atoms with Crippen molar-refractivity contribution in [2.24, 2.45) is 0 Å². The van der Waals surface area contributed by atoms with Crippen molar-refractivity contribution >= 4 is 0 Å². The van der Waals surface area contributed by atoms with E-state index in [9.17, 15) is 0 Å². The highest BCUT2D eigenvalue weighted by Gasteiger charge is 2.14. The summed E-state index contributed by atoms with van der Waals surface area (Å²) >= 11 is 0. The molecule has 0 aliphatic carbocycles. The molecule has 0 saturated heterocycles. The molecule has 0 saturated carbocycles. The Kier molecular flexibility index (Phi) is 3.87. The number of ether oxygens (including phenoxy) is 2. The summed E-state index contributed by atoms with van der Waals surface area (Å²) in [6.07, 6.45) is 5.59. The first-order chi connectivity index (χ1) is 9.83. The highest BCUT2D eigenvalue weighted by Crippen LogP contribution is 2.32. The molecule has 5 heteroatoms. The molecule has 0 bridgehead atoms. The maximum Gasteiger partial charge on any atom is 0.161 e.